The molecule has 122 valence electrons. The fourth-order valence-electron chi connectivity index (χ4n) is 1.94. The minimum Gasteiger partial charge on any atom is -0.456 e. The lowest BCUT2D eigenvalue weighted by Gasteiger charge is -2.02. The summed E-state index contributed by atoms with van der Waals surface area (Å²) < 4.78 is 6.52. The Morgan fingerprint density at radius 1 is 1.29 bits per heavy atom. The molecule has 0 N–H and O–H groups in total. The summed E-state index contributed by atoms with van der Waals surface area (Å²) in [7, 11) is 0. The minimum atomic E-state index is -0.547. The third-order valence-electron chi connectivity index (χ3n) is 3.07. The minimum absolute atomic E-state index is 0.0752. The summed E-state index contributed by atoms with van der Waals surface area (Å²) in [5, 5.41) is 2.61. The van der Waals surface area contributed by atoms with E-state index >= 15 is 0 Å². The average Bonchev–Trinajstić information content (AvgIpc) is 3.03. The zero-order valence-corrected chi connectivity index (χ0v) is 14.4. The van der Waals surface area contributed by atoms with Crippen LogP contribution < -0.4 is 5.56 Å². The van der Waals surface area contributed by atoms with Gasteiger partial charge in [-0.15, -0.1) is 11.3 Å². The highest BCUT2D eigenvalue weighted by Crippen LogP contribution is 2.23. The van der Waals surface area contributed by atoms with Crippen LogP contribution in [0.3, 0.4) is 0 Å². The molecule has 0 radical (unpaired) electrons. The van der Waals surface area contributed by atoms with Gasteiger partial charge in [0.15, 0.2) is 4.96 Å². The van der Waals surface area contributed by atoms with Crippen LogP contribution in [0.5, 0.6) is 0 Å². The molecule has 24 heavy (non-hydrogen) atoms. The molecule has 0 saturated carbocycles. The largest absolute Gasteiger partial charge is 0.456 e. The number of benzene rings is 1. The number of carbonyl (C=O) groups is 1. The lowest BCUT2D eigenvalue weighted by atomic mass is 10.2. The van der Waals surface area contributed by atoms with Crippen LogP contribution in [0.15, 0.2) is 46.7 Å². The standard InChI is InChI=1S/C16H10Cl2N2O3S/c17-12-3-1-10(7-13(12)18)2-4-15(22)23-9-11-8-14(21)20-5-6-24-16(20)19-11/h1-8H,9H2/b4-2+. The maximum Gasteiger partial charge on any atom is 0.331 e. The second-order valence-corrected chi connectivity index (χ2v) is 6.44. The molecule has 0 amide bonds. The molecule has 8 heteroatoms. The molecule has 0 unspecified atom stereocenters. The predicted molar refractivity (Wildman–Crippen MR) is 94.6 cm³/mol. The van der Waals surface area contributed by atoms with Crippen molar-refractivity contribution < 1.29 is 9.53 Å². The molecule has 2 heterocycles. The van der Waals surface area contributed by atoms with E-state index in [0.717, 1.165) is 5.56 Å². The van der Waals surface area contributed by atoms with E-state index in [-0.39, 0.29) is 12.2 Å². The SMILES string of the molecule is O=C(/C=C/c1ccc(Cl)c(Cl)c1)OCc1cc(=O)n2ccsc2n1. The molecule has 0 fully saturated rings. The molecule has 2 aromatic heterocycles. The summed E-state index contributed by atoms with van der Waals surface area (Å²) in [5.74, 6) is -0.547. The van der Waals surface area contributed by atoms with Gasteiger partial charge in [0.25, 0.3) is 5.56 Å². The highest BCUT2D eigenvalue weighted by molar-refractivity contribution is 7.15. The summed E-state index contributed by atoms with van der Waals surface area (Å²) in [4.78, 5) is 28.4. The molecule has 1 aromatic carbocycles. The Labute approximate surface area is 150 Å². The summed E-state index contributed by atoms with van der Waals surface area (Å²) in [6.07, 6.45) is 4.48. The van der Waals surface area contributed by atoms with Crippen LogP contribution >= 0.6 is 34.5 Å². The molecule has 0 aliphatic rings. The maximum atomic E-state index is 11.8. The molecule has 5 nitrogen and oxygen atoms in total. The fraction of sp³-hybridized carbons (Fsp3) is 0.0625. The first-order valence-corrected chi connectivity index (χ1v) is 8.42. The summed E-state index contributed by atoms with van der Waals surface area (Å²) in [5.41, 5.74) is 0.912. The Morgan fingerprint density at radius 2 is 2.12 bits per heavy atom. The summed E-state index contributed by atoms with van der Waals surface area (Å²) >= 11 is 13.1. The van der Waals surface area contributed by atoms with Crippen molar-refractivity contribution in [1.29, 1.82) is 0 Å². The van der Waals surface area contributed by atoms with Crippen molar-refractivity contribution in [3.8, 4) is 0 Å². The molecule has 3 aromatic rings. The number of ether oxygens (including phenoxy) is 1. The van der Waals surface area contributed by atoms with Gasteiger partial charge in [-0.1, -0.05) is 29.3 Å². The van der Waals surface area contributed by atoms with Crippen LogP contribution in [0.25, 0.3) is 11.0 Å². The van der Waals surface area contributed by atoms with Crippen molar-refractivity contribution in [3.05, 3.63) is 73.6 Å². The van der Waals surface area contributed by atoms with Crippen molar-refractivity contribution in [2.24, 2.45) is 0 Å². The number of hydrogen-bond acceptors (Lipinski definition) is 5. The lowest BCUT2D eigenvalue weighted by molar-refractivity contribution is -0.139. The first-order valence-electron chi connectivity index (χ1n) is 6.78. The van der Waals surface area contributed by atoms with Crippen LogP contribution in [0.1, 0.15) is 11.3 Å². The molecule has 0 atom stereocenters. The fourth-order valence-corrected chi connectivity index (χ4v) is 2.98. The van der Waals surface area contributed by atoms with Crippen molar-refractivity contribution in [1.82, 2.24) is 9.38 Å². The molecule has 0 spiro atoms. The predicted octanol–water partition coefficient (Wildman–Crippen LogP) is 3.82. The van der Waals surface area contributed by atoms with Gasteiger partial charge in [0.05, 0.1) is 15.7 Å². The van der Waals surface area contributed by atoms with Crippen molar-refractivity contribution in [2.45, 2.75) is 6.61 Å². The van der Waals surface area contributed by atoms with E-state index in [1.54, 1.807) is 35.9 Å². The van der Waals surface area contributed by atoms with Gasteiger partial charge < -0.3 is 4.74 Å². The molecular formula is C16H10Cl2N2O3S. The smallest absolute Gasteiger partial charge is 0.331 e. The van der Waals surface area contributed by atoms with Crippen molar-refractivity contribution >= 4 is 51.5 Å². The third kappa shape index (κ3) is 3.84. The Hall–Kier alpha value is -2.15. The number of fused-ring (bicyclic) bond motifs is 1. The average molecular weight is 381 g/mol. The van der Waals surface area contributed by atoms with E-state index in [9.17, 15) is 9.59 Å². The van der Waals surface area contributed by atoms with Gasteiger partial charge in [-0.05, 0) is 23.8 Å². The van der Waals surface area contributed by atoms with E-state index < -0.39 is 5.97 Å². The maximum absolute atomic E-state index is 11.8. The van der Waals surface area contributed by atoms with Gasteiger partial charge in [0.2, 0.25) is 0 Å². The van der Waals surface area contributed by atoms with E-state index in [4.69, 9.17) is 27.9 Å². The van der Waals surface area contributed by atoms with Crippen LogP contribution in [-0.2, 0) is 16.1 Å². The van der Waals surface area contributed by atoms with E-state index in [1.165, 1.54) is 27.9 Å². The molecule has 0 aliphatic carbocycles. The van der Waals surface area contributed by atoms with Crippen LogP contribution in [0, 0.1) is 0 Å². The van der Waals surface area contributed by atoms with Gasteiger partial charge in [-0.2, -0.15) is 0 Å². The zero-order valence-electron chi connectivity index (χ0n) is 12.1. The number of hydrogen-bond donors (Lipinski definition) is 0. The number of esters is 1. The number of halogens is 2. The second-order valence-electron chi connectivity index (χ2n) is 4.76. The van der Waals surface area contributed by atoms with Gasteiger partial charge >= 0.3 is 5.97 Å². The molecular weight excluding hydrogens is 371 g/mol. The van der Waals surface area contributed by atoms with Gasteiger partial charge in [0, 0.05) is 23.7 Å². The third-order valence-corrected chi connectivity index (χ3v) is 4.57. The number of nitrogens with zero attached hydrogens (tertiary/aromatic N) is 2. The normalized spacial score (nSPS) is 11.2. The molecule has 0 bridgehead atoms. The summed E-state index contributed by atoms with van der Waals surface area (Å²) in [6.45, 7) is -0.0752. The Kier molecular flexibility index (Phi) is 4.99. The summed E-state index contributed by atoms with van der Waals surface area (Å²) in [6, 6.07) is 6.35. The first kappa shape index (κ1) is 16.7. The van der Waals surface area contributed by atoms with Gasteiger partial charge in [-0.25, -0.2) is 9.78 Å². The van der Waals surface area contributed by atoms with Gasteiger partial charge in [0.1, 0.15) is 6.61 Å². The zero-order chi connectivity index (χ0) is 17.1. The molecule has 3 rings (SSSR count). The first-order chi connectivity index (χ1) is 11.5. The Balaban J connectivity index is 1.65. The monoisotopic (exact) mass is 380 g/mol. The second kappa shape index (κ2) is 7.17. The molecule has 0 saturated heterocycles. The number of aromatic nitrogens is 2. The number of rotatable bonds is 4. The number of carbonyl (C=O) groups excluding carboxylic acids is 1. The van der Waals surface area contributed by atoms with E-state index in [2.05, 4.69) is 4.98 Å². The topological polar surface area (TPSA) is 60.7 Å². The highest BCUT2D eigenvalue weighted by atomic mass is 35.5. The lowest BCUT2D eigenvalue weighted by Crippen LogP contribution is -2.14. The quantitative estimate of drug-likeness (QED) is 0.509. The molecule has 0 aliphatic heterocycles. The van der Waals surface area contributed by atoms with Gasteiger partial charge in [-0.3, -0.25) is 9.20 Å². The van der Waals surface area contributed by atoms with Crippen LogP contribution in [0.2, 0.25) is 10.0 Å². The Morgan fingerprint density at radius 3 is 2.92 bits per heavy atom. The van der Waals surface area contributed by atoms with E-state index in [1.807, 2.05) is 0 Å². The van der Waals surface area contributed by atoms with Crippen LogP contribution in [-0.4, -0.2) is 15.4 Å². The van der Waals surface area contributed by atoms with Crippen LogP contribution in [0.4, 0.5) is 0 Å². The number of thiazole rings is 1. The highest BCUT2D eigenvalue weighted by Gasteiger charge is 2.05. The van der Waals surface area contributed by atoms with E-state index in [0.29, 0.717) is 20.7 Å². The van der Waals surface area contributed by atoms with Crippen molar-refractivity contribution in [2.75, 3.05) is 0 Å². The Bertz CT molecular complexity index is 994. The van der Waals surface area contributed by atoms with Crippen molar-refractivity contribution in [3.63, 3.8) is 0 Å².